The predicted octanol–water partition coefficient (Wildman–Crippen LogP) is 4.17. The van der Waals surface area contributed by atoms with E-state index in [0.717, 1.165) is 45.7 Å². The summed E-state index contributed by atoms with van der Waals surface area (Å²) in [7, 11) is 0. The molecule has 0 aromatic carbocycles. The molecule has 0 bridgehead atoms. The van der Waals surface area contributed by atoms with E-state index in [1.54, 1.807) is 6.20 Å². The lowest BCUT2D eigenvalue weighted by molar-refractivity contribution is 1.00. The van der Waals surface area contributed by atoms with Crippen molar-refractivity contribution in [1.82, 2.24) is 19.9 Å². The Labute approximate surface area is 148 Å². The molecule has 0 saturated heterocycles. The molecule has 0 saturated carbocycles. The standard InChI is InChI=1S/C19H18N4OS/c1-3-11-8-22-18(24)16(12(11)4-2)19-23-15(10-25-19)14-9-21-17-13(14)6-5-7-20-17/h5-10H,3-4H2,1-2H3,(H,20,21)(H,22,24). The maximum atomic E-state index is 12.5. The van der Waals surface area contributed by atoms with Crippen LogP contribution in [0.5, 0.6) is 0 Å². The molecule has 0 spiro atoms. The second-order valence-corrected chi connectivity index (χ2v) is 6.70. The minimum absolute atomic E-state index is 0.0736. The average Bonchev–Trinajstić information content (AvgIpc) is 3.27. The van der Waals surface area contributed by atoms with E-state index in [1.165, 1.54) is 16.9 Å². The first kappa shape index (κ1) is 15.8. The summed E-state index contributed by atoms with van der Waals surface area (Å²) < 4.78 is 0. The Morgan fingerprint density at radius 2 is 2.04 bits per heavy atom. The molecule has 0 aliphatic heterocycles. The third-order valence-corrected chi connectivity index (χ3v) is 5.33. The Balaban J connectivity index is 1.87. The van der Waals surface area contributed by atoms with Crippen molar-refractivity contribution < 1.29 is 0 Å². The SMILES string of the molecule is CCc1c[nH]c(=O)c(-c2nc(-c3c[nH]c4ncccc34)cs2)c1CC. The molecule has 2 N–H and O–H groups in total. The zero-order valence-corrected chi connectivity index (χ0v) is 14.9. The fourth-order valence-corrected chi connectivity index (χ4v) is 4.12. The van der Waals surface area contributed by atoms with Crippen LogP contribution in [0.15, 0.2) is 40.9 Å². The fourth-order valence-electron chi connectivity index (χ4n) is 3.24. The van der Waals surface area contributed by atoms with Gasteiger partial charge < -0.3 is 9.97 Å². The minimum atomic E-state index is -0.0736. The number of thiazole rings is 1. The number of aryl methyl sites for hydroxylation is 1. The van der Waals surface area contributed by atoms with Crippen molar-refractivity contribution in [2.24, 2.45) is 0 Å². The zero-order chi connectivity index (χ0) is 17.4. The van der Waals surface area contributed by atoms with Crippen LogP contribution in [0.25, 0.3) is 32.9 Å². The first-order valence-corrected chi connectivity index (χ1v) is 9.22. The summed E-state index contributed by atoms with van der Waals surface area (Å²) >= 11 is 1.51. The van der Waals surface area contributed by atoms with Crippen LogP contribution in [0.4, 0.5) is 0 Å². The highest BCUT2D eigenvalue weighted by atomic mass is 32.1. The van der Waals surface area contributed by atoms with Crippen LogP contribution in [-0.2, 0) is 12.8 Å². The monoisotopic (exact) mass is 350 g/mol. The number of hydrogen-bond acceptors (Lipinski definition) is 4. The Hall–Kier alpha value is -2.73. The summed E-state index contributed by atoms with van der Waals surface area (Å²) in [6.45, 7) is 4.18. The van der Waals surface area contributed by atoms with Crippen LogP contribution >= 0.6 is 11.3 Å². The van der Waals surface area contributed by atoms with Crippen LogP contribution in [0, 0.1) is 0 Å². The minimum Gasteiger partial charge on any atom is -0.345 e. The molecule has 4 aromatic heterocycles. The maximum Gasteiger partial charge on any atom is 0.258 e. The van der Waals surface area contributed by atoms with Crippen LogP contribution in [-0.4, -0.2) is 19.9 Å². The van der Waals surface area contributed by atoms with Crippen molar-refractivity contribution in [3.05, 3.63) is 57.6 Å². The summed E-state index contributed by atoms with van der Waals surface area (Å²) in [4.78, 5) is 27.6. The van der Waals surface area contributed by atoms with Gasteiger partial charge in [0.05, 0.1) is 11.3 Å². The smallest absolute Gasteiger partial charge is 0.258 e. The number of pyridine rings is 2. The Morgan fingerprint density at radius 3 is 2.84 bits per heavy atom. The van der Waals surface area contributed by atoms with Crippen molar-refractivity contribution in [2.45, 2.75) is 26.7 Å². The Bertz CT molecular complexity index is 1110. The summed E-state index contributed by atoms with van der Waals surface area (Å²) in [5.41, 5.74) is 5.60. The molecule has 4 heterocycles. The van der Waals surface area contributed by atoms with Gasteiger partial charge in [0, 0.05) is 34.9 Å². The highest BCUT2D eigenvalue weighted by Crippen LogP contribution is 2.33. The first-order valence-electron chi connectivity index (χ1n) is 8.34. The molecule has 25 heavy (non-hydrogen) atoms. The van der Waals surface area contributed by atoms with Gasteiger partial charge in [-0.25, -0.2) is 9.97 Å². The van der Waals surface area contributed by atoms with E-state index in [2.05, 4.69) is 28.8 Å². The summed E-state index contributed by atoms with van der Waals surface area (Å²) in [5, 5.41) is 3.80. The number of H-pyrrole nitrogens is 2. The molecule has 6 heteroatoms. The first-order chi connectivity index (χ1) is 12.2. The van der Waals surface area contributed by atoms with Crippen molar-refractivity contribution in [1.29, 1.82) is 0 Å². The largest absolute Gasteiger partial charge is 0.345 e. The van der Waals surface area contributed by atoms with Gasteiger partial charge in [0.15, 0.2) is 0 Å². The molecule has 0 aliphatic carbocycles. The highest BCUT2D eigenvalue weighted by molar-refractivity contribution is 7.13. The quantitative estimate of drug-likeness (QED) is 0.580. The van der Waals surface area contributed by atoms with Crippen molar-refractivity contribution in [3.63, 3.8) is 0 Å². The van der Waals surface area contributed by atoms with Gasteiger partial charge in [0.1, 0.15) is 10.7 Å². The molecular weight excluding hydrogens is 332 g/mol. The average molecular weight is 350 g/mol. The topological polar surface area (TPSA) is 74.4 Å². The van der Waals surface area contributed by atoms with Crippen LogP contribution in [0.2, 0.25) is 0 Å². The summed E-state index contributed by atoms with van der Waals surface area (Å²) in [6.07, 6.45) is 7.21. The lowest BCUT2D eigenvalue weighted by Crippen LogP contribution is -2.13. The second kappa shape index (κ2) is 6.29. The molecule has 0 radical (unpaired) electrons. The second-order valence-electron chi connectivity index (χ2n) is 5.84. The van der Waals surface area contributed by atoms with E-state index in [0.29, 0.717) is 5.56 Å². The lowest BCUT2D eigenvalue weighted by atomic mass is 10.0. The molecule has 0 atom stereocenters. The number of aromatic amines is 2. The zero-order valence-electron chi connectivity index (χ0n) is 14.1. The Morgan fingerprint density at radius 1 is 1.16 bits per heavy atom. The van der Waals surface area contributed by atoms with Crippen molar-refractivity contribution in [3.8, 4) is 21.8 Å². The molecule has 126 valence electrons. The van der Waals surface area contributed by atoms with Crippen LogP contribution < -0.4 is 5.56 Å². The molecule has 0 aliphatic rings. The number of nitrogens with one attached hydrogen (secondary N) is 2. The number of rotatable bonds is 4. The molecule has 0 unspecified atom stereocenters. The van der Waals surface area contributed by atoms with Gasteiger partial charge in [-0.1, -0.05) is 13.8 Å². The van der Waals surface area contributed by atoms with Crippen LogP contribution in [0.3, 0.4) is 0 Å². The number of fused-ring (bicyclic) bond motifs is 1. The normalized spacial score (nSPS) is 11.3. The van der Waals surface area contributed by atoms with E-state index >= 15 is 0 Å². The predicted molar refractivity (Wildman–Crippen MR) is 102 cm³/mol. The van der Waals surface area contributed by atoms with Gasteiger partial charge in [-0.3, -0.25) is 4.79 Å². The molecule has 4 aromatic rings. The molecular formula is C19H18N4OS. The molecule has 0 fully saturated rings. The Kier molecular flexibility index (Phi) is 3.97. The number of nitrogens with zero attached hydrogens (tertiary/aromatic N) is 2. The van der Waals surface area contributed by atoms with Crippen molar-refractivity contribution >= 4 is 22.4 Å². The van der Waals surface area contributed by atoms with Gasteiger partial charge in [-0.15, -0.1) is 11.3 Å². The van der Waals surface area contributed by atoms with Crippen LogP contribution in [0.1, 0.15) is 25.0 Å². The van der Waals surface area contributed by atoms with E-state index in [1.807, 2.05) is 29.9 Å². The lowest BCUT2D eigenvalue weighted by Gasteiger charge is -2.09. The third kappa shape index (κ3) is 2.59. The molecule has 0 amide bonds. The summed E-state index contributed by atoms with van der Waals surface area (Å²) in [5.74, 6) is 0. The van der Waals surface area contributed by atoms with Gasteiger partial charge in [-0.05, 0) is 36.1 Å². The summed E-state index contributed by atoms with van der Waals surface area (Å²) in [6, 6.07) is 3.94. The fraction of sp³-hybridized carbons (Fsp3) is 0.211. The van der Waals surface area contributed by atoms with E-state index < -0.39 is 0 Å². The maximum absolute atomic E-state index is 12.5. The molecule has 4 rings (SSSR count). The van der Waals surface area contributed by atoms with E-state index in [-0.39, 0.29) is 5.56 Å². The van der Waals surface area contributed by atoms with Gasteiger partial charge in [-0.2, -0.15) is 0 Å². The van der Waals surface area contributed by atoms with E-state index in [4.69, 9.17) is 4.98 Å². The molecule has 5 nitrogen and oxygen atoms in total. The van der Waals surface area contributed by atoms with Gasteiger partial charge in [0.25, 0.3) is 5.56 Å². The third-order valence-electron chi connectivity index (χ3n) is 4.47. The number of aromatic nitrogens is 4. The van der Waals surface area contributed by atoms with Gasteiger partial charge >= 0.3 is 0 Å². The highest BCUT2D eigenvalue weighted by Gasteiger charge is 2.17. The number of hydrogen-bond donors (Lipinski definition) is 2. The van der Waals surface area contributed by atoms with Gasteiger partial charge in [0.2, 0.25) is 0 Å². The van der Waals surface area contributed by atoms with Crippen molar-refractivity contribution in [2.75, 3.05) is 0 Å². The van der Waals surface area contributed by atoms with E-state index in [9.17, 15) is 4.79 Å².